The number of aromatic nitrogens is 1. The zero-order valence-corrected chi connectivity index (χ0v) is 10.1. The van der Waals surface area contributed by atoms with Gasteiger partial charge in [0.2, 0.25) is 5.82 Å². The first kappa shape index (κ1) is 11.8. The van der Waals surface area contributed by atoms with E-state index in [2.05, 4.69) is 24.1 Å². The lowest BCUT2D eigenvalue weighted by Gasteiger charge is -2.08. The minimum Gasteiger partial charge on any atom is -0.362 e. The molecule has 1 fully saturated rings. The third kappa shape index (κ3) is 3.15. The Kier molecular flexibility index (Phi) is 3.26. The third-order valence-electron chi connectivity index (χ3n) is 2.66. The van der Waals surface area contributed by atoms with Crippen LogP contribution in [0.25, 0.3) is 0 Å². The molecule has 0 amide bonds. The monoisotopic (exact) mass is 235 g/mol. The predicted octanol–water partition coefficient (Wildman–Crippen LogP) is 2.76. The molecule has 0 bridgehead atoms. The summed E-state index contributed by atoms with van der Waals surface area (Å²) in [7, 11) is 0. The Hall–Kier alpha value is -1.65. The fourth-order valence-electron chi connectivity index (χ4n) is 1.70. The first-order valence-corrected chi connectivity index (χ1v) is 5.97. The highest BCUT2D eigenvalue weighted by molar-refractivity contribution is 5.57. The van der Waals surface area contributed by atoms with Crippen LogP contribution in [0.1, 0.15) is 32.4 Å². The van der Waals surface area contributed by atoms with Crippen molar-refractivity contribution in [2.75, 3.05) is 5.32 Å². The van der Waals surface area contributed by atoms with Gasteiger partial charge in [-0.3, -0.25) is 10.1 Å². The smallest absolute Gasteiger partial charge is 0.311 e. The Bertz CT molecular complexity index is 428. The van der Waals surface area contributed by atoms with E-state index >= 15 is 0 Å². The average Bonchev–Trinajstić information content (AvgIpc) is 3.00. The van der Waals surface area contributed by atoms with E-state index < -0.39 is 0 Å². The molecule has 1 saturated carbocycles. The van der Waals surface area contributed by atoms with Gasteiger partial charge in [-0.1, -0.05) is 13.8 Å². The molecule has 1 N–H and O–H groups in total. The van der Waals surface area contributed by atoms with Crippen LogP contribution in [0.2, 0.25) is 0 Å². The van der Waals surface area contributed by atoms with Crippen molar-refractivity contribution < 1.29 is 4.92 Å². The maximum atomic E-state index is 10.9. The molecular weight excluding hydrogens is 218 g/mol. The number of nitrogens with zero attached hydrogens (tertiary/aromatic N) is 2. The quantitative estimate of drug-likeness (QED) is 0.629. The van der Waals surface area contributed by atoms with Gasteiger partial charge in [0.05, 0.1) is 4.92 Å². The highest BCUT2D eigenvalue weighted by Crippen LogP contribution is 2.29. The maximum absolute atomic E-state index is 10.9. The van der Waals surface area contributed by atoms with Gasteiger partial charge in [0.1, 0.15) is 0 Å². The van der Waals surface area contributed by atoms with Crippen molar-refractivity contribution in [3.05, 3.63) is 27.9 Å². The summed E-state index contributed by atoms with van der Waals surface area (Å²) in [6.45, 7) is 4.22. The van der Waals surface area contributed by atoms with E-state index in [4.69, 9.17) is 0 Å². The molecule has 0 saturated heterocycles. The number of rotatable bonds is 5. The summed E-state index contributed by atoms with van der Waals surface area (Å²) in [6, 6.07) is 3.67. The second-order valence-corrected chi connectivity index (χ2v) is 4.94. The van der Waals surface area contributed by atoms with Crippen LogP contribution >= 0.6 is 0 Å². The molecule has 0 radical (unpaired) electrons. The molecular formula is C12H17N3O2. The van der Waals surface area contributed by atoms with Gasteiger partial charge in [-0.2, -0.15) is 0 Å². The van der Waals surface area contributed by atoms with E-state index in [1.807, 2.05) is 0 Å². The van der Waals surface area contributed by atoms with Crippen LogP contribution in [-0.2, 0) is 6.42 Å². The van der Waals surface area contributed by atoms with Gasteiger partial charge in [0.25, 0.3) is 0 Å². The van der Waals surface area contributed by atoms with Crippen LogP contribution in [0, 0.1) is 16.0 Å². The second kappa shape index (κ2) is 4.69. The second-order valence-electron chi connectivity index (χ2n) is 4.94. The first-order chi connectivity index (χ1) is 8.06. The van der Waals surface area contributed by atoms with Gasteiger partial charge in [-0.05, 0) is 31.2 Å². The maximum Gasteiger partial charge on any atom is 0.311 e. The number of anilines is 1. The van der Waals surface area contributed by atoms with E-state index in [1.165, 1.54) is 0 Å². The largest absolute Gasteiger partial charge is 0.362 e. The number of hydrogen-bond donors (Lipinski definition) is 1. The van der Waals surface area contributed by atoms with Crippen molar-refractivity contribution in [2.45, 2.75) is 39.2 Å². The van der Waals surface area contributed by atoms with Crippen LogP contribution < -0.4 is 5.32 Å². The lowest BCUT2D eigenvalue weighted by Crippen LogP contribution is -2.08. The van der Waals surface area contributed by atoms with Gasteiger partial charge in [0.15, 0.2) is 0 Å². The number of nitrogens with one attached hydrogen (secondary N) is 1. The van der Waals surface area contributed by atoms with E-state index in [-0.39, 0.29) is 10.6 Å². The summed E-state index contributed by atoms with van der Waals surface area (Å²) in [6.07, 6.45) is 3.00. The SMILES string of the molecule is CC(C)Cc1ccc([N+](=O)[O-])c(NC2CC2)n1. The number of nitro groups is 1. The van der Waals surface area contributed by atoms with Crippen LogP contribution in [0.3, 0.4) is 0 Å². The van der Waals surface area contributed by atoms with Gasteiger partial charge >= 0.3 is 5.69 Å². The topological polar surface area (TPSA) is 68.1 Å². The molecule has 0 atom stereocenters. The molecule has 0 aromatic carbocycles. The van der Waals surface area contributed by atoms with E-state index in [1.54, 1.807) is 12.1 Å². The molecule has 0 spiro atoms. The molecule has 5 heteroatoms. The van der Waals surface area contributed by atoms with Gasteiger partial charge in [-0.15, -0.1) is 0 Å². The summed E-state index contributed by atoms with van der Waals surface area (Å²) in [4.78, 5) is 14.9. The molecule has 5 nitrogen and oxygen atoms in total. The molecule has 1 aromatic rings. The van der Waals surface area contributed by atoms with Gasteiger partial charge < -0.3 is 5.32 Å². The van der Waals surface area contributed by atoms with Crippen molar-refractivity contribution in [2.24, 2.45) is 5.92 Å². The Morgan fingerprint density at radius 1 is 1.53 bits per heavy atom. The van der Waals surface area contributed by atoms with Crippen molar-refractivity contribution in [3.8, 4) is 0 Å². The van der Waals surface area contributed by atoms with Crippen molar-refractivity contribution in [1.82, 2.24) is 4.98 Å². The zero-order chi connectivity index (χ0) is 12.4. The summed E-state index contributed by atoms with van der Waals surface area (Å²) in [5.41, 5.74) is 0.984. The normalized spacial score (nSPS) is 15.0. The Balaban J connectivity index is 2.24. The molecule has 2 rings (SSSR count). The molecule has 1 heterocycles. The van der Waals surface area contributed by atoms with Gasteiger partial charge in [0, 0.05) is 17.8 Å². The highest BCUT2D eigenvalue weighted by Gasteiger charge is 2.25. The predicted molar refractivity (Wildman–Crippen MR) is 66.1 cm³/mol. The highest BCUT2D eigenvalue weighted by atomic mass is 16.6. The van der Waals surface area contributed by atoms with Crippen LogP contribution in [-0.4, -0.2) is 15.9 Å². The summed E-state index contributed by atoms with van der Waals surface area (Å²) in [5.74, 6) is 0.924. The first-order valence-electron chi connectivity index (χ1n) is 5.97. The minimum absolute atomic E-state index is 0.0735. The third-order valence-corrected chi connectivity index (χ3v) is 2.66. The Morgan fingerprint density at radius 3 is 2.76 bits per heavy atom. The Labute approximate surface area is 100 Å². The van der Waals surface area contributed by atoms with Crippen LogP contribution in [0.4, 0.5) is 11.5 Å². The van der Waals surface area contributed by atoms with E-state index in [0.717, 1.165) is 25.0 Å². The van der Waals surface area contributed by atoms with Crippen molar-refractivity contribution in [3.63, 3.8) is 0 Å². The van der Waals surface area contributed by atoms with Crippen molar-refractivity contribution >= 4 is 11.5 Å². The van der Waals surface area contributed by atoms with Gasteiger partial charge in [-0.25, -0.2) is 4.98 Å². The molecule has 17 heavy (non-hydrogen) atoms. The molecule has 1 aliphatic carbocycles. The van der Waals surface area contributed by atoms with Crippen molar-refractivity contribution in [1.29, 1.82) is 0 Å². The minimum atomic E-state index is -0.378. The Morgan fingerprint density at radius 2 is 2.24 bits per heavy atom. The standard InChI is InChI=1S/C12H17N3O2/c1-8(2)7-10-5-6-11(15(16)17)12(14-10)13-9-3-4-9/h5-6,8-9H,3-4,7H2,1-2H3,(H,13,14). The number of hydrogen-bond acceptors (Lipinski definition) is 4. The lowest BCUT2D eigenvalue weighted by atomic mass is 10.1. The fraction of sp³-hybridized carbons (Fsp3) is 0.583. The zero-order valence-electron chi connectivity index (χ0n) is 10.1. The van der Waals surface area contributed by atoms with Crippen LogP contribution in [0.5, 0.6) is 0 Å². The molecule has 0 unspecified atom stereocenters. The van der Waals surface area contributed by atoms with Crippen LogP contribution in [0.15, 0.2) is 12.1 Å². The summed E-state index contributed by atoms with van der Waals surface area (Å²) >= 11 is 0. The molecule has 92 valence electrons. The number of pyridine rings is 1. The summed E-state index contributed by atoms with van der Waals surface area (Å²) < 4.78 is 0. The lowest BCUT2D eigenvalue weighted by molar-refractivity contribution is -0.384. The summed E-state index contributed by atoms with van der Waals surface area (Å²) in [5, 5.41) is 14.0. The van der Waals surface area contributed by atoms with E-state index in [9.17, 15) is 10.1 Å². The molecule has 1 aromatic heterocycles. The van der Waals surface area contributed by atoms with E-state index in [0.29, 0.717) is 17.8 Å². The molecule has 0 aliphatic heterocycles. The molecule has 1 aliphatic rings. The fourth-order valence-corrected chi connectivity index (χ4v) is 1.70. The average molecular weight is 235 g/mol.